The molecule has 1 heterocycles. The van der Waals surface area contributed by atoms with Crippen molar-refractivity contribution in [2.75, 3.05) is 12.8 Å². The summed E-state index contributed by atoms with van der Waals surface area (Å²) < 4.78 is 6.96. The molecule has 0 fully saturated rings. The van der Waals surface area contributed by atoms with Crippen molar-refractivity contribution < 1.29 is 24.1 Å². The van der Waals surface area contributed by atoms with Crippen molar-refractivity contribution in [1.82, 2.24) is 10.4 Å². The highest BCUT2D eigenvalue weighted by atomic mass is 16.5. The van der Waals surface area contributed by atoms with E-state index in [9.17, 15) is 14.7 Å². The third-order valence-corrected chi connectivity index (χ3v) is 6.76. The van der Waals surface area contributed by atoms with Crippen LogP contribution in [-0.2, 0) is 6.54 Å². The van der Waals surface area contributed by atoms with Crippen LogP contribution in [0.15, 0.2) is 72.8 Å². The summed E-state index contributed by atoms with van der Waals surface area (Å²) >= 11 is 0. The summed E-state index contributed by atoms with van der Waals surface area (Å²) in [6, 6.07) is 21.8. The smallest absolute Gasteiger partial charge is 0.307 e. The van der Waals surface area contributed by atoms with Crippen molar-refractivity contribution in [3.8, 4) is 17.0 Å². The molecule has 0 saturated carbocycles. The van der Waals surface area contributed by atoms with Crippen molar-refractivity contribution >= 4 is 17.6 Å². The van der Waals surface area contributed by atoms with Gasteiger partial charge in [0.05, 0.1) is 18.8 Å². The second kappa shape index (κ2) is 9.79. The van der Waals surface area contributed by atoms with Crippen molar-refractivity contribution in [3.63, 3.8) is 0 Å². The predicted molar refractivity (Wildman–Crippen MR) is 138 cm³/mol. The van der Waals surface area contributed by atoms with Gasteiger partial charge in [0.1, 0.15) is 17.5 Å². The molecule has 37 heavy (non-hydrogen) atoms. The van der Waals surface area contributed by atoms with Crippen molar-refractivity contribution in [1.29, 1.82) is 0 Å². The third-order valence-electron chi connectivity index (χ3n) is 6.76. The van der Waals surface area contributed by atoms with E-state index in [1.54, 1.807) is 28.9 Å². The number of nitrogens with zero attached hydrogens (tertiary/aromatic N) is 1. The average molecular weight is 499 g/mol. The minimum absolute atomic E-state index is 0.191. The molecule has 188 valence electrons. The van der Waals surface area contributed by atoms with Crippen LogP contribution < -0.4 is 26.2 Å². The molecule has 2 unspecified atom stereocenters. The first-order chi connectivity index (χ1) is 17.9. The van der Waals surface area contributed by atoms with Crippen LogP contribution in [0.1, 0.15) is 56.0 Å². The topological polar surface area (TPSA) is 147 Å². The fraction of sp³-hybridized carbons (Fsp3) is 0.179. The van der Waals surface area contributed by atoms with E-state index >= 15 is 0 Å². The quantitative estimate of drug-likeness (QED) is 0.249. The van der Waals surface area contributed by atoms with Gasteiger partial charge in [0.25, 0.3) is 11.8 Å². The SMILES string of the molecule is COc1ccccc1C(=O)NCc1ccc(-c2[nH][n+](C3CC(O)c4ccccc43)c(N)c2C(N)=O)cc1. The number of amides is 2. The van der Waals surface area contributed by atoms with Gasteiger partial charge < -0.3 is 20.9 Å². The van der Waals surface area contributed by atoms with Crippen molar-refractivity contribution in [2.45, 2.75) is 25.1 Å². The van der Waals surface area contributed by atoms with Gasteiger partial charge in [-0.2, -0.15) is 4.68 Å². The van der Waals surface area contributed by atoms with Gasteiger partial charge >= 0.3 is 5.82 Å². The number of H-pyrrole nitrogens is 1. The molecule has 9 nitrogen and oxygen atoms in total. The highest BCUT2D eigenvalue weighted by Crippen LogP contribution is 2.39. The Hall–Kier alpha value is -4.63. The molecule has 9 heteroatoms. The van der Waals surface area contributed by atoms with Gasteiger partial charge in [-0.05, 0) is 23.3 Å². The number of nitrogens with two attached hydrogens (primary N) is 2. The van der Waals surface area contributed by atoms with Crippen LogP contribution in [0, 0.1) is 0 Å². The number of nitrogen functional groups attached to an aromatic ring is 1. The normalized spacial score (nSPS) is 16.3. The van der Waals surface area contributed by atoms with Crippen LogP contribution in [0.5, 0.6) is 5.75 Å². The molecule has 4 aromatic rings. The van der Waals surface area contributed by atoms with Crippen molar-refractivity contribution in [2.24, 2.45) is 5.73 Å². The second-order valence-electron chi connectivity index (χ2n) is 8.96. The zero-order valence-electron chi connectivity index (χ0n) is 20.3. The number of aromatic amines is 1. The largest absolute Gasteiger partial charge is 0.496 e. The lowest BCUT2D eigenvalue weighted by Crippen LogP contribution is -2.43. The van der Waals surface area contributed by atoms with E-state index in [2.05, 4.69) is 10.4 Å². The molecule has 2 atom stereocenters. The Morgan fingerprint density at radius 2 is 1.73 bits per heavy atom. The standard InChI is InChI=1S/C28H27N5O4/c1-37-23-9-5-4-8-20(23)28(36)31-15-16-10-12-17(13-11-16)25-24(27(30)35)26(29)33(32-25)21-14-22(34)19-7-3-2-6-18(19)21/h2-13,21-22,34H,14-15H2,1H3,(H5,29,30,31,32,35,36)/p+1. The van der Waals surface area contributed by atoms with Gasteiger partial charge in [-0.15, -0.1) is 0 Å². The molecule has 0 aliphatic heterocycles. The molecule has 0 spiro atoms. The molecule has 0 saturated heterocycles. The number of ether oxygens (including phenoxy) is 1. The molecule has 7 N–H and O–H groups in total. The maximum Gasteiger partial charge on any atom is 0.307 e. The number of primary amides is 1. The zero-order chi connectivity index (χ0) is 26.1. The summed E-state index contributed by atoms with van der Waals surface area (Å²) in [7, 11) is 1.52. The number of para-hydroxylation sites is 1. The summed E-state index contributed by atoms with van der Waals surface area (Å²) in [4.78, 5) is 25.0. The summed E-state index contributed by atoms with van der Waals surface area (Å²) in [5, 5.41) is 16.7. The average Bonchev–Trinajstić information content (AvgIpc) is 3.44. The van der Waals surface area contributed by atoms with E-state index in [0.717, 1.165) is 16.7 Å². The van der Waals surface area contributed by atoms with E-state index in [4.69, 9.17) is 16.2 Å². The number of hydrogen-bond donors (Lipinski definition) is 5. The van der Waals surface area contributed by atoms with Gasteiger partial charge in [-0.3, -0.25) is 15.3 Å². The molecule has 1 aromatic heterocycles. The molecule has 1 aliphatic rings. The number of nitrogens with one attached hydrogen (secondary N) is 2. The van der Waals surface area contributed by atoms with E-state index in [1.165, 1.54) is 7.11 Å². The summed E-state index contributed by atoms with van der Waals surface area (Å²) in [6.07, 6.45) is -0.195. The highest BCUT2D eigenvalue weighted by Gasteiger charge is 2.38. The highest BCUT2D eigenvalue weighted by molar-refractivity contribution is 6.02. The zero-order valence-corrected chi connectivity index (χ0v) is 20.3. The maximum atomic E-state index is 12.6. The lowest BCUT2D eigenvalue weighted by Gasteiger charge is -2.10. The van der Waals surface area contributed by atoms with Crippen LogP contribution in [0.4, 0.5) is 5.82 Å². The molecular weight excluding hydrogens is 470 g/mol. The Labute approximate surface area is 213 Å². The third kappa shape index (κ3) is 4.41. The molecule has 0 bridgehead atoms. The number of benzene rings is 3. The number of rotatable bonds is 7. The first-order valence-corrected chi connectivity index (χ1v) is 11.9. The molecule has 0 radical (unpaired) electrons. The number of fused-ring (bicyclic) bond motifs is 1. The van der Waals surface area contributed by atoms with Crippen LogP contribution in [-0.4, -0.2) is 29.1 Å². The molecule has 5 rings (SSSR count). The van der Waals surface area contributed by atoms with E-state index in [-0.39, 0.29) is 23.3 Å². The molecule has 2 amide bonds. The van der Waals surface area contributed by atoms with Crippen LogP contribution in [0.3, 0.4) is 0 Å². The summed E-state index contributed by atoms with van der Waals surface area (Å²) in [5.74, 6) is -0.175. The van der Waals surface area contributed by atoms with Gasteiger partial charge in [0, 0.05) is 24.1 Å². The van der Waals surface area contributed by atoms with E-state index < -0.39 is 12.0 Å². The molecule has 3 aromatic carbocycles. The number of aromatic nitrogens is 2. The fourth-order valence-electron chi connectivity index (χ4n) is 4.92. The number of hydrogen-bond acceptors (Lipinski definition) is 5. The fourth-order valence-corrected chi connectivity index (χ4v) is 4.92. The lowest BCUT2D eigenvalue weighted by atomic mass is 10.0. The monoisotopic (exact) mass is 498 g/mol. The number of carbonyl (C=O) groups excluding carboxylic acids is 2. The lowest BCUT2D eigenvalue weighted by molar-refractivity contribution is -0.752. The molecular formula is C28H28N5O4+. The van der Waals surface area contributed by atoms with Gasteiger partial charge in [-0.1, -0.05) is 60.7 Å². The Kier molecular flexibility index (Phi) is 6.37. The van der Waals surface area contributed by atoms with Crippen LogP contribution in [0.2, 0.25) is 0 Å². The van der Waals surface area contributed by atoms with Gasteiger partial charge in [0.2, 0.25) is 0 Å². The minimum atomic E-state index is -0.650. The van der Waals surface area contributed by atoms with Crippen LogP contribution >= 0.6 is 0 Å². The predicted octanol–water partition coefficient (Wildman–Crippen LogP) is 2.62. The second-order valence-corrected chi connectivity index (χ2v) is 8.96. The summed E-state index contributed by atoms with van der Waals surface area (Å²) in [5.41, 5.74) is 16.6. The Morgan fingerprint density at radius 3 is 2.43 bits per heavy atom. The number of carbonyl (C=O) groups is 2. The Bertz CT molecular complexity index is 1480. The number of anilines is 1. The maximum absolute atomic E-state index is 12.6. The Morgan fingerprint density at radius 1 is 1.05 bits per heavy atom. The van der Waals surface area contributed by atoms with E-state index in [0.29, 0.717) is 35.5 Å². The first kappa shape index (κ1) is 24.1. The van der Waals surface area contributed by atoms with Gasteiger partial charge in [0.15, 0.2) is 5.56 Å². The number of aliphatic hydroxyl groups is 1. The number of methoxy groups -OCH3 is 1. The van der Waals surface area contributed by atoms with Gasteiger partial charge in [-0.25, -0.2) is 5.10 Å². The van der Waals surface area contributed by atoms with E-state index in [1.807, 2.05) is 48.5 Å². The Balaban J connectivity index is 1.39. The number of aliphatic hydroxyl groups excluding tert-OH is 1. The van der Waals surface area contributed by atoms with Crippen molar-refractivity contribution in [3.05, 3.63) is 101 Å². The van der Waals surface area contributed by atoms with Crippen LogP contribution in [0.25, 0.3) is 11.3 Å². The minimum Gasteiger partial charge on any atom is -0.496 e. The first-order valence-electron chi connectivity index (χ1n) is 11.9. The summed E-state index contributed by atoms with van der Waals surface area (Å²) in [6.45, 7) is 0.309. The molecule has 1 aliphatic carbocycles.